The quantitative estimate of drug-likeness (QED) is 0.354. The Balaban J connectivity index is 1.05. The number of ether oxygens (including phenoxy) is 1. The van der Waals surface area contributed by atoms with Gasteiger partial charge in [-0.25, -0.2) is 14.4 Å². The Hall–Kier alpha value is -5.00. The molecule has 5 heterocycles. The first kappa shape index (κ1) is 24.1. The van der Waals surface area contributed by atoms with Gasteiger partial charge in [0.2, 0.25) is 0 Å². The summed E-state index contributed by atoms with van der Waals surface area (Å²) in [7, 11) is 0. The number of benzene rings is 2. The van der Waals surface area contributed by atoms with Crippen LogP contribution in [0.3, 0.4) is 0 Å². The number of nitrogens with zero attached hydrogens (tertiary/aromatic N) is 4. The number of anilines is 2. The first-order valence-corrected chi connectivity index (χ1v) is 12.9. The molecule has 3 aliphatic rings. The van der Waals surface area contributed by atoms with E-state index in [0.717, 1.165) is 17.7 Å². The number of fused-ring (bicyclic) bond motifs is 4. The molecule has 0 unspecified atom stereocenters. The number of carbonyl (C=O) groups is 3. The predicted molar refractivity (Wildman–Crippen MR) is 143 cm³/mol. The second kappa shape index (κ2) is 9.33. The average molecular weight is 542 g/mol. The van der Waals surface area contributed by atoms with Gasteiger partial charge in [0.15, 0.2) is 12.3 Å². The minimum Gasteiger partial charge on any atom is -0.482 e. The van der Waals surface area contributed by atoms with Gasteiger partial charge in [-0.1, -0.05) is 6.07 Å². The highest BCUT2D eigenvalue weighted by atomic mass is 19.1. The largest absolute Gasteiger partial charge is 0.482 e. The third kappa shape index (κ3) is 4.08. The third-order valence-corrected chi connectivity index (χ3v) is 7.70. The second-order valence-electron chi connectivity index (χ2n) is 10.1. The van der Waals surface area contributed by atoms with Crippen LogP contribution in [0, 0.1) is 5.82 Å². The molecular formula is C28H24FN7O4. The molecule has 40 heavy (non-hydrogen) atoms. The zero-order chi connectivity index (χ0) is 27.4. The van der Waals surface area contributed by atoms with Crippen molar-refractivity contribution >= 4 is 40.1 Å². The molecule has 202 valence electrons. The summed E-state index contributed by atoms with van der Waals surface area (Å²) in [6.45, 7) is 1.39. The standard InChI is InChI=1S/C28H24FN7O4/c29-16-2-4-17(5-3-16)35-11-19-8-18(35)12-36(19)28(39)20-10-30-25-24(20)32-14-33-26(25)27(38)31-9-15-1-6-22-21(7-15)34-23(37)13-40-22/h1-7,10,14,18-19,30H,8-9,11-13H2,(H,31,38)(H,34,37)/t18-,19-/m1/s1. The van der Waals surface area contributed by atoms with Crippen LogP contribution in [0.5, 0.6) is 5.75 Å². The van der Waals surface area contributed by atoms with Crippen molar-refractivity contribution < 1.29 is 23.5 Å². The highest BCUT2D eigenvalue weighted by Crippen LogP contribution is 2.36. The summed E-state index contributed by atoms with van der Waals surface area (Å²) in [5.41, 5.74) is 3.55. The molecule has 4 aromatic rings. The molecule has 3 amide bonds. The molecule has 0 aliphatic carbocycles. The molecule has 2 aromatic carbocycles. The van der Waals surface area contributed by atoms with Crippen molar-refractivity contribution in [2.24, 2.45) is 0 Å². The van der Waals surface area contributed by atoms with E-state index in [0.29, 0.717) is 41.1 Å². The monoisotopic (exact) mass is 541 g/mol. The van der Waals surface area contributed by atoms with Gasteiger partial charge < -0.3 is 30.2 Å². The van der Waals surface area contributed by atoms with Crippen LogP contribution >= 0.6 is 0 Å². The SMILES string of the molecule is O=C1COc2ccc(CNC(=O)c3ncnc4c(C(=O)N5C[C@H]6C[C@@H]5CN6c5ccc(F)cc5)c[nH]c34)cc2N1. The summed E-state index contributed by atoms with van der Waals surface area (Å²) in [6, 6.07) is 11.9. The lowest BCUT2D eigenvalue weighted by Gasteiger charge is -2.35. The van der Waals surface area contributed by atoms with E-state index in [1.807, 2.05) is 4.90 Å². The number of aromatic nitrogens is 3. The molecule has 2 bridgehead atoms. The highest BCUT2D eigenvalue weighted by Gasteiger charge is 2.46. The highest BCUT2D eigenvalue weighted by molar-refractivity contribution is 6.10. The van der Waals surface area contributed by atoms with Crippen LogP contribution in [0.25, 0.3) is 11.0 Å². The smallest absolute Gasteiger partial charge is 0.272 e. The maximum absolute atomic E-state index is 13.6. The van der Waals surface area contributed by atoms with Crippen molar-refractivity contribution in [3.05, 3.63) is 77.6 Å². The van der Waals surface area contributed by atoms with E-state index in [4.69, 9.17) is 4.74 Å². The molecule has 7 rings (SSSR count). The van der Waals surface area contributed by atoms with Gasteiger partial charge in [0.1, 0.15) is 23.4 Å². The lowest BCUT2D eigenvalue weighted by Crippen LogP contribution is -2.48. The number of aromatic amines is 1. The van der Waals surface area contributed by atoms with Crippen molar-refractivity contribution in [3.8, 4) is 5.75 Å². The first-order chi connectivity index (χ1) is 19.4. The Morgan fingerprint density at radius 2 is 1.95 bits per heavy atom. The average Bonchev–Trinajstić information content (AvgIpc) is 3.70. The van der Waals surface area contributed by atoms with E-state index >= 15 is 0 Å². The molecule has 3 aliphatic heterocycles. The van der Waals surface area contributed by atoms with Gasteiger partial charge in [0.05, 0.1) is 22.8 Å². The number of nitrogens with one attached hydrogen (secondary N) is 3. The van der Waals surface area contributed by atoms with Gasteiger partial charge >= 0.3 is 0 Å². The first-order valence-electron chi connectivity index (χ1n) is 12.9. The fourth-order valence-electron chi connectivity index (χ4n) is 5.80. The Kier molecular flexibility index (Phi) is 5.61. The number of amides is 3. The van der Waals surface area contributed by atoms with Crippen molar-refractivity contribution in [1.82, 2.24) is 25.2 Å². The van der Waals surface area contributed by atoms with Gasteiger partial charge in [0, 0.05) is 37.6 Å². The molecule has 2 atom stereocenters. The molecule has 0 radical (unpaired) electrons. The fourth-order valence-corrected chi connectivity index (χ4v) is 5.80. The van der Waals surface area contributed by atoms with E-state index in [2.05, 4.69) is 30.5 Å². The number of piperazine rings is 1. The summed E-state index contributed by atoms with van der Waals surface area (Å²) < 4.78 is 18.7. The summed E-state index contributed by atoms with van der Waals surface area (Å²) in [5, 5.41) is 5.59. The van der Waals surface area contributed by atoms with Crippen LogP contribution in [-0.4, -0.2) is 69.4 Å². The number of likely N-dealkylation sites (tertiary alicyclic amines) is 1. The van der Waals surface area contributed by atoms with Crippen molar-refractivity contribution in [3.63, 3.8) is 0 Å². The van der Waals surface area contributed by atoms with Gasteiger partial charge in [0.25, 0.3) is 17.7 Å². The zero-order valence-corrected chi connectivity index (χ0v) is 21.2. The van der Waals surface area contributed by atoms with Gasteiger partial charge in [-0.05, 0) is 48.4 Å². The number of hydrogen-bond acceptors (Lipinski definition) is 7. The fraction of sp³-hybridized carbons (Fsp3) is 0.250. The Morgan fingerprint density at radius 3 is 2.75 bits per heavy atom. The van der Waals surface area contributed by atoms with Gasteiger partial charge in [-0.3, -0.25) is 14.4 Å². The molecule has 3 N–H and O–H groups in total. The lowest BCUT2D eigenvalue weighted by molar-refractivity contribution is -0.118. The molecule has 2 aromatic heterocycles. The van der Waals surface area contributed by atoms with Gasteiger partial charge in [-0.2, -0.15) is 0 Å². The number of H-pyrrole nitrogens is 1. The number of carbonyl (C=O) groups excluding carboxylic acids is 3. The maximum atomic E-state index is 13.6. The molecule has 0 saturated carbocycles. The van der Waals surface area contributed by atoms with Crippen molar-refractivity contribution in [2.75, 3.05) is 29.9 Å². The maximum Gasteiger partial charge on any atom is 0.272 e. The summed E-state index contributed by atoms with van der Waals surface area (Å²) >= 11 is 0. The van der Waals surface area contributed by atoms with E-state index in [-0.39, 0.29) is 48.6 Å². The summed E-state index contributed by atoms with van der Waals surface area (Å²) in [5.74, 6) is -0.517. The Morgan fingerprint density at radius 1 is 1.10 bits per heavy atom. The number of halogens is 1. The van der Waals surface area contributed by atoms with E-state index in [1.165, 1.54) is 18.5 Å². The van der Waals surface area contributed by atoms with Crippen LogP contribution in [0.4, 0.5) is 15.8 Å². The van der Waals surface area contributed by atoms with Crippen LogP contribution in [0.15, 0.2) is 55.0 Å². The van der Waals surface area contributed by atoms with E-state index in [1.54, 1.807) is 36.5 Å². The summed E-state index contributed by atoms with van der Waals surface area (Å²) in [6.07, 6.45) is 3.70. The topological polar surface area (TPSA) is 133 Å². The molecule has 0 spiro atoms. The second-order valence-corrected chi connectivity index (χ2v) is 10.1. The van der Waals surface area contributed by atoms with Crippen LogP contribution in [0.2, 0.25) is 0 Å². The number of rotatable bonds is 5. The van der Waals surface area contributed by atoms with E-state index < -0.39 is 5.91 Å². The molecule has 2 fully saturated rings. The van der Waals surface area contributed by atoms with E-state index in [9.17, 15) is 18.8 Å². The van der Waals surface area contributed by atoms with Crippen LogP contribution < -0.4 is 20.3 Å². The molecular weight excluding hydrogens is 517 g/mol. The number of hydrogen-bond donors (Lipinski definition) is 3. The lowest BCUT2D eigenvalue weighted by atomic mass is 10.1. The molecule has 12 heteroatoms. The predicted octanol–water partition coefficient (Wildman–Crippen LogP) is 2.46. The molecule has 2 saturated heterocycles. The summed E-state index contributed by atoms with van der Waals surface area (Å²) in [4.78, 5) is 53.8. The minimum absolute atomic E-state index is 0.0269. The Bertz CT molecular complexity index is 1670. The minimum atomic E-state index is -0.429. The van der Waals surface area contributed by atoms with Crippen LogP contribution in [0.1, 0.15) is 32.8 Å². The van der Waals surface area contributed by atoms with Crippen molar-refractivity contribution in [1.29, 1.82) is 0 Å². The molecule has 11 nitrogen and oxygen atoms in total. The Labute approximate surface area is 227 Å². The van der Waals surface area contributed by atoms with Gasteiger partial charge in [-0.15, -0.1) is 0 Å². The van der Waals surface area contributed by atoms with Crippen LogP contribution in [-0.2, 0) is 11.3 Å². The normalized spacial score (nSPS) is 19.4. The zero-order valence-electron chi connectivity index (χ0n) is 21.2. The van der Waals surface area contributed by atoms with Crippen molar-refractivity contribution in [2.45, 2.75) is 25.0 Å². The third-order valence-electron chi connectivity index (χ3n) is 7.70.